The van der Waals surface area contributed by atoms with Crippen LogP contribution in [0.5, 0.6) is 0 Å². The fraction of sp³-hybridized carbons (Fsp3) is 0.500. The van der Waals surface area contributed by atoms with Crippen LogP contribution < -0.4 is 10.2 Å². The Morgan fingerprint density at radius 1 is 1.26 bits per heavy atom. The summed E-state index contributed by atoms with van der Waals surface area (Å²) in [6.45, 7) is 5.78. The van der Waals surface area contributed by atoms with Crippen molar-refractivity contribution in [3.05, 3.63) is 33.8 Å². The van der Waals surface area contributed by atoms with Gasteiger partial charge in [0.15, 0.2) is 6.54 Å². The Bertz CT molecular complexity index is 552. The minimum atomic E-state index is -0.138. The molecule has 0 radical (unpaired) electrons. The lowest BCUT2D eigenvalue weighted by molar-refractivity contribution is -0.885. The van der Waals surface area contributed by atoms with Gasteiger partial charge in [-0.05, 0) is 26.0 Å². The van der Waals surface area contributed by atoms with Crippen LogP contribution in [0.2, 0.25) is 10.0 Å². The van der Waals surface area contributed by atoms with Gasteiger partial charge < -0.3 is 15.1 Å². The van der Waals surface area contributed by atoms with Crippen molar-refractivity contribution in [3.63, 3.8) is 0 Å². The van der Waals surface area contributed by atoms with Crippen molar-refractivity contribution in [1.29, 1.82) is 0 Å². The van der Waals surface area contributed by atoms with Crippen molar-refractivity contribution >= 4 is 35.0 Å². The average molecular weight is 361 g/mol. The number of rotatable bonds is 8. The summed E-state index contributed by atoms with van der Waals surface area (Å²) < 4.78 is 0. The molecule has 0 saturated heterocycles. The fourth-order valence-electron chi connectivity index (χ4n) is 2.23. The number of amides is 2. The van der Waals surface area contributed by atoms with Crippen molar-refractivity contribution < 1.29 is 14.5 Å². The van der Waals surface area contributed by atoms with Gasteiger partial charge in [-0.3, -0.25) is 9.59 Å². The summed E-state index contributed by atoms with van der Waals surface area (Å²) >= 11 is 12.0. The molecule has 23 heavy (non-hydrogen) atoms. The largest absolute Gasteiger partial charge is 0.355 e. The Balaban J connectivity index is 2.58. The highest BCUT2D eigenvalue weighted by atomic mass is 35.5. The normalized spacial score (nSPS) is 11.9. The van der Waals surface area contributed by atoms with Crippen molar-refractivity contribution in [2.75, 3.05) is 33.2 Å². The first kappa shape index (κ1) is 19.7. The Hall–Kier alpha value is -1.30. The Kier molecular flexibility index (Phi) is 8.37. The Labute approximate surface area is 147 Å². The molecular formula is C16H24Cl2N3O2+. The molecule has 2 amide bonds. The summed E-state index contributed by atoms with van der Waals surface area (Å²) in [7, 11) is 1.92. The zero-order valence-electron chi connectivity index (χ0n) is 13.8. The van der Waals surface area contributed by atoms with E-state index in [9.17, 15) is 9.59 Å². The zero-order valence-corrected chi connectivity index (χ0v) is 15.3. The molecule has 0 aliphatic carbocycles. The second kappa shape index (κ2) is 9.75. The van der Waals surface area contributed by atoms with E-state index >= 15 is 0 Å². The molecule has 1 aromatic rings. The first-order valence-corrected chi connectivity index (χ1v) is 8.42. The maximum Gasteiger partial charge on any atom is 0.278 e. The van der Waals surface area contributed by atoms with Gasteiger partial charge in [-0.15, -0.1) is 0 Å². The minimum absolute atomic E-state index is 0.0543. The lowest BCUT2D eigenvalue weighted by Crippen LogP contribution is -3.08. The van der Waals surface area contributed by atoms with Crippen LogP contribution in [-0.2, 0) is 16.1 Å². The molecule has 0 aliphatic rings. The first-order chi connectivity index (χ1) is 10.9. The summed E-state index contributed by atoms with van der Waals surface area (Å²) in [5, 5.41) is 3.89. The van der Waals surface area contributed by atoms with E-state index in [2.05, 4.69) is 5.32 Å². The van der Waals surface area contributed by atoms with Crippen LogP contribution in [0.3, 0.4) is 0 Å². The number of hydrogen-bond donors (Lipinski definition) is 2. The molecule has 7 heteroatoms. The second-order valence-electron chi connectivity index (χ2n) is 5.41. The number of hydrogen-bond acceptors (Lipinski definition) is 2. The third-order valence-corrected chi connectivity index (χ3v) is 3.99. The number of carbonyl (C=O) groups is 2. The van der Waals surface area contributed by atoms with E-state index in [4.69, 9.17) is 23.2 Å². The van der Waals surface area contributed by atoms with Crippen molar-refractivity contribution in [2.45, 2.75) is 20.4 Å². The van der Waals surface area contributed by atoms with Crippen LogP contribution >= 0.6 is 23.2 Å². The highest BCUT2D eigenvalue weighted by Gasteiger charge is 2.19. The van der Waals surface area contributed by atoms with Gasteiger partial charge in [0, 0.05) is 23.7 Å². The predicted molar refractivity (Wildman–Crippen MR) is 92.9 cm³/mol. The number of likely N-dealkylation sites (N-methyl/N-ethyl adjacent to an activating group) is 3. The quantitative estimate of drug-likeness (QED) is 0.726. The first-order valence-electron chi connectivity index (χ1n) is 7.67. The molecule has 1 rings (SSSR count). The number of nitrogens with one attached hydrogen (secondary N) is 2. The smallest absolute Gasteiger partial charge is 0.278 e. The molecule has 0 fully saturated rings. The second-order valence-corrected chi connectivity index (χ2v) is 6.25. The lowest BCUT2D eigenvalue weighted by atomic mass is 10.2. The number of quaternary nitrogens is 1. The summed E-state index contributed by atoms with van der Waals surface area (Å²) in [5.41, 5.74) is 0.938. The van der Waals surface area contributed by atoms with Gasteiger partial charge in [0.1, 0.15) is 6.54 Å². The van der Waals surface area contributed by atoms with Gasteiger partial charge in [-0.1, -0.05) is 29.3 Å². The third-order valence-electron chi connectivity index (χ3n) is 3.40. The highest BCUT2D eigenvalue weighted by Crippen LogP contribution is 2.20. The van der Waals surface area contributed by atoms with E-state index in [0.29, 0.717) is 36.2 Å². The molecule has 0 saturated carbocycles. The summed E-state index contributed by atoms with van der Waals surface area (Å²) in [6.07, 6.45) is 0. The van der Waals surface area contributed by atoms with Gasteiger partial charge in [0.25, 0.3) is 5.91 Å². The molecule has 0 bridgehead atoms. The molecule has 0 aromatic heterocycles. The number of halogens is 2. The Morgan fingerprint density at radius 2 is 1.96 bits per heavy atom. The van der Waals surface area contributed by atoms with E-state index in [-0.39, 0.29) is 18.4 Å². The molecular weight excluding hydrogens is 337 g/mol. The summed E-state index contributed by atoms with van der Waals surface area (Å²) in [4.78, 5) is 26.5. The topological polar surface area (TPSA) is 53.9 Å². The van der Waals surface area contributed by atoms with E-state index in [0.717, 1.165) is 10.5 Å². The maximum atomic E-state index is 12.3. The standard InChI is InChI=1S/C16H23Cl2N3O2/c1-4-19-15(22)10-21(5-2)16(23)11-20(3)9-12-6-7-13(17)8-14(12)18/h6-8H,4-5,9-11H2,1-3H3,(H,19,22)/p+1. The molecule has 1 unspecified atom stereocenters. The minimum Gasteiger partial charge on any atom is -0.355 e. The molecule has 128 valence electrons. The highest BCUT2D eigenvalue weighted by molar-refractivity contribution is 6.35. The van der Waals surface area contributed by atoms with Gasteiger partial charge in [0.05, 0.1) is 18.6 Å². The van der Waals surface area contributed by atoms with Crippen molar-refractivity contribution in [3.8, 4) is 0 Å². The SMILES string of the molecule is CCNC(=O)CN(CC)C(=O)C[NH+](C)Cc1ccc(Cl)cc1Cl. The maximum absolute atomic E-state index is 12.3. The zero-order chi connectivity index (χ0) is 17.4. The van der Waals surface area contributed by atoms with Crippen LogP contribution in [0.15, 0.2) is 18.2 Å². The predicted octanol–water partition coefficient (Wildman–Crippen LogP) is 0.993. The van der Waals surface area contributed by atoms with E-state index in [1.54, 1.807) is 17.0 Å². The van der Waals surface area contributed by atoms with E-state index < -0.39 is 0 Å². The average Bonchev–Trinajstić information content (AvgIpc) is 2.47. The van der Waals surface area contributed by atoms with Gasteiger partial charge in [0.2, 0.25) is 5.91 Å². The fourth-order valence-corrected chi connectivity index (χ4v) is 2.70. The number of carbonyl (C=O) groups excluding carboxylic acids is 2. The Morgan fingerprint density at radius 3 is 2.52 bits per heavy atom. The van der Waals surface area contributed by atoms with Crippen molar-refractivity contribution in [2.24, 2.45) is 0 Å². The summed E-state index contributed by atoms with van der Waals surface area (Å²) in [6, 6.07) is 5.34. The number of benzene rings is 1. The molecule has 5 nitrogen and oxygen atoms in total. The molecule has 1 atom stereocenters. The van der Waals surface area contributed by atoms with E-state index in [1.807, 2.05) is 27.0 Å². The molecule has 1 aromatic carbocycles. The molecule has 2 N–H and O–H groups in total. The van der Waals surface area contributed by atoms with Gasteiger partial charge in [-0.2, -0.15) is 0 Å². The van der Waals surface area contributed by atoms with Crippen molar-refractivity contribution in [1.82, 2.24) is 10.2 Å². The van der Waals surface area contributed by atoms with Crippen LogP contribution in [0.4, 0.5) is 0 Å². The number of nitrogens with zero attached hydrogens (tertiary/aromatic N) is 1. The molecule has 0 aliphatic heterocycles. The molecule has 0 spiro atoms. The summed E-state index contributed by atoms with van der Waals surface area (Å²) in [5.74, 6) is -0.192. The monoisotopic (exact) mass is 360 g/mol. The van der Waals surface area contributed by atoms with Crippen LogP contribution in [0, 0.1) is 0 Å². The lowest BCUT2D eigenvalue weighted by Gasteiger charge is -2.22. The van der Waals surface area contributed by atoms with Gasteiger partial charge in [-0.25, -0.2) is 0 Å². The van der Waals surface area contributed by atoms with E-state index in [1.165, 1.54) is 0 Å². The van der Waals surface area contributed by atoms with Crippen LogP contribution in [-0.4, -0.2) is 49.9 Å². The van der Waals surface area contributed by atoms with Crippen LogP contribution in [0.25, 0.3) is 0 Å². The van der Waals surface area contributed by atoms with Crippen LogP contribution in [0.1, 0.15) is 19.4 Å². The molecule has 0 heterocycles. The third kappa shape index (κ3) is 6.77. The van der Waals surface area contributed by atoms with Gasteiger partial charge >= 0.3 is 0 Å².